The molecule has 0 spiro atoms. The number of hydrogen-bond acceptors (Lipinski definition) is 3. The molecule has 1 aliphatic rings. The number of rotatable bonds is 1. The number of ether oxygens (including phenoxy) is 1. The monoisotopic (exact) mass is 298 g/mol. The van der Waals surface area contributed by atoms with Crippen molar-refractivity contribution in [2.45, 2.75) is 19.4 Å². The van der Waals surface area contributed by atoms with Crippen LogP contribution in [0.4, 0.5) is 0 Å². The van der Waals surface area contributed by atoms with Gasteiger partial charge in [0.2, 0.25) is 0 Å². The van der Waals surface area contributed by atoms with Crippen molar-refractivity contribution in [3.8, 4) is 0 Å². The zero-order valence-electron chi connectivity index (χ0n) is 9.94. The molecule has 0 radical (unpaired) electrons. The van der Waals surface area contributed by atoms with E-state index in [1.54, 1.807) is 12.1 Å². The zero-order valence-corrected chi connectivity index (χ0v) is 11.5. The standard InChI is InChI=1S/C12H15BrN2O2/c1-12(2)8-17-7-6-15(12)11(16)9-4-3-5-10(13)14-9/h3-5H,6-8H2,1-2H3. The van der Waals surface area contributed by atoms with E-state index < -0.39 is 0 Å². The minimum absolute atomic E-state index is 0.0420. The first-order valence-electron chi connectivity index (χ1n) is 5.53. The van der Waals surface area contributed by atoms with E-state index in [1.165, 1.54) is 0 Å². The van der Waals surface area contributed by atoms with Crippen LogP contribution >= 0.6 is 15.9 Å². The molecule has 0 aromatic carbocycles. The van der Waals surface area contributed by atoms with Gasteiger partial charge in [-0.1, -0.05) is 6.07 Å². The SMILES string of the molecule is CC1(C)COCCN1C(=O)c1cccc(Br)n1. The van der Waals surface area contributed by atoms with E-state index in [2.05, 4.69) is 20.9 Å². The van der Waals surface area contributed by atoms with Crippen molar-refractivity contribution >= 4 is 21.8 Å². The van der Waals surface area contributed by atoms with E-state index in [0.29, 0.717) is 30.1 Å². The van der Waals surface area contributed by atoms with Gasteiger partial charge in [0.05, 0.1) is 18.8 Å². The molecule has 0 N–H and O–H groups in total. The quantitative estimate of drug-likeness (QED) is 0.746. The maximum Gasteiger partial charge on any atom is 0.273 e. The first-order chi connectivity index (χ1) is 8.00. The van der Waals surface area contributed by atoms with Crippen LogP contribution in [0.2, 0.25) is 0 Å². The maximum absolute atomic E-state index is 12.4. The van der Waals surface area contributed by atoms with Gasteiger partial charge in [-0.2, -0.15) is 0 Å². The van der Waals surface area contributed by atoms with Gasteiger partial charge >= 0.3 is 0 Å². The molecule has 1 aromatic heterocycles. The second kappa shape index (κ2) is 4.74. The van der Waals surface area contributed by atoms with Crippen LogP contribution in [0.3, 0.4) is 0 Å². The Bertz CT molecular complexity index is 434. The van der Waals surface area contributed by atoms with E-state index in [-0.39, 0.29) is 11.4 Å². The number of carbonyl (C=O) groups excluding carboxylic acids is 1. The molecule has 0 atom stereocenters. The van der Waals surface area contributed by atoms with Crippen molar-refractivity contribution in [3.05, 3.63) is 28.5 Å². The van der Waals surface area contributed by atoms with Gasteiger partial charge in [0.25, 0.3) is 5.91 Å². The van der Waals surface area contributed by atoms with Crippen LogP contribution in [0, 0.1) is 0 Å². The largest absolute Gasteiger partial charge is 0.377 e. The number of morpholine rings is 1. The molecule has 5 heteroatoms. The summed E-state index contributed by atoms with van der Waals surface area (Å²) in [5.74, 6) is -0.0420. The third kappa shape index (κ3) is 2.66. The van der Waals surface area contributed by atoms with Crippen LogP contribution in [0.25, 0.3) is 0 Å². The van der Waals surface area contributed by atoms with E-state index in [9.17, 15) is 4.79 Å². The number of nitrogens with zero attached hydrogens (tertiary/aromatic N) is 2. The van der Waals surface area contributed by atoms with Crippen LogP contribution in [0.15, 0.2) is 22.8 Å². The van der Waals surface area contributed by atoms with Crippen molar-refractivity contribution in [2.24, 2.45) is 0 Å². The predicted molar refractivity (Wildman–Crippen MR) is 67.9 cm³/mol. The lowest BCUT2D eigenvalue weighted by Crippen LogP contribution is -2.55. The summed E-state index contributed by atoms with van der Waals surface area (Å²) in [5.41, 5.74) is 0.189. The highest BCUT2D eigenvalue weighted by atomic mass is 79.9. The van der Waals surface area contributed by atoms with E-state index in [0.717, 1.165) is 0 Å². The Balaban J connectivity index is 2.25. The number of halogens is 1. The Labute approximate surface area is 109 Å². The summed E-state index contributed by atoms with van der Waals surface area (Å²) < 4.78 is 6.08. The zero-order chi connectivity index (χ0) is 12.5. The molecule has 0 saturated carbocycles. The lowest BCUT2D eigenvalue weighted by Gasteiger charge is -2.41. The highest BCUT2D eigenvalue weighted by Crippen LogP contribution is 2.21. The van der Waals surface area contributed by atoms with Crippen LogP contribution in [-0.2, 0) is 4.74 Å². The van der Waals surface area contributed by atoms with Crippen molar-refractivity contribution in [3.63, 3.8) is 0 Å². The van der Waals surface area contributed by atoms with E-state index in [4.69, 9.17) is 4.74 Å². The van der Waals surface area contributed by atoms with E-state index in [1.807, 2.05) is 24.8 Å². The molecular weight excluding hydrogens is 284 g/mol. The number of hydrogen-bond donors (Lipinski definition) is 0. The summed E-state index contributed by atoms with van der Waals surface area (Å²) in [4.78, 5) is 18.4. The van der Waals surface area contributed by atoms with Crippen LogP contribution in [0.1, 0.15) is 24.3 Å². The topological polar surface area (TPSA) is 42.4 Å². The van der Waals surface area contributed by atoms with Gasteiger partial charge in [-0.05, 0) is 41.9 Å². The summed E-state index contributed by atoms with van der Waals surface area (Å²) >= 11 is 3.28. The van der Waals surface area contributed by atoms with Gasteiger partial charge < -0.3 is 9.64 Å². The molecular formula is C12H15BrN2O2. The molecule has 92 valence electrons. The molecule has 0 aliphatic carbocycles. The molecule has 1 amide bonds. The van der Waals surface area contributed by atoms with Crippen LogP contribution < -0.4 is 0 Å². The second-order valence-electron chi connectivity index (χ2n) is 4.67. The molecule has 1 aromatic rings. The Morgan fingerprint density at radius 1 is 1.53 bits per heavy atom. The number of carbonyl (C=O) groups is 1. The van der Waals surface area contributed by atoms with E-state index >= 15 is 0 Å². The van der Waals surface area contributed by atoms with Crippen molar-refractivity contribution < 1.29 is 9.53 Å². The Morgan fingerprint density at radius 2 is 2.29 bits per heavy atom. The fraction of sp³-hybridized carbons (Fsp3) is 0.500. The molecule has 1 fully saturated rings. The lowest BCUT2D eigenvalue weighted by atomic mass is 10.0. The van der Waals surface area contributed by atoms with Gasteiger partial charge in [0, 0.05) is 6.54 Å². The van der Waals surface area contributed by atoms with Crippen LogP contribution in [0.5, 0.6) is 0 Å². The number of aromatic nitrogens is 1. The fourth-order valence-electron chi connectivity index (χ4n) is 1.90. The highest BCUT2D eigenvalue weighted by Gasteiger charge is 2.35. The maximum atomic E-state index is 12.4. The summed E-state index contributed by atoms with van der Waals surface area (Å²) in [6.07, 6.45) is 0. The number of pyridine rings is 1. The first kappa shape index (κ1) is 12.5. The van der Waals surface area contributed by atoms with Gasteiger partial charge in [-0.15, -0.1) is 0 Å². The molecule has 4 nitrogen and oxygen atoms in total. The molecule has 17 heavy (non-hydrogen) atoms. The summed E-state index contributed by atoms with van der Waals surface area (Å²) in [6.45, 7) is 5.76. The molecule has 0 unspecified atom stereocenters. The normalized spacial score (nSPS) is 19.1. The molecule has 2 heterocycles. The third-order valence-corrected chi connectivity index (χ3v) is 3.27. The minimum Gasteiger partial charge on any atom is -0.377 e. The van der Waals surface area contributed by atoms with Crippen LogP contribution in [-0.4, -0.2) is 41.1 Å². The summed E-state index contributed by atoms with van der Waals surface area (Å²) in [7, 11) is 0. The smallest absolute Gasteiger partial charge is 0.273 e. The molecule has 1 aliphatic heterocycles. The first-order valence-corrected chi connectivity index (χ1v) is 6.32. The number of amides is 1. The van der Waals surface area contributed by atoms with Crippen molar-refractivity contribution in [2.75, 3.05) is 19.8 Å². The Hall–Kier alpha value is -0.940. The Morgan fingerprint density at radius 3 is 2.94 bits per heavy atom. The average Bonchev–Trinajstić information content (AvgIpc) is 2.27. The van der Waals surface area contributed by atoms with Gasteiger partial charge in [-0.3, -0.25) is 4.79 Å². The second-order valence-corrected chi connectivity index (χ2v) is 5.48. The summed E-state index contributed by atoms with van der Waals surface area (Å²) in [6, 6.07) is 5.36. The predicted octanol–water partition coefficient (Wildman–Crippen LogP) is 2.10. The lowest BCUT2D eigenvalue weighted by molar-refractivity contribution is -0.0373. The van der Waals surface area contributed by atoms with Crippen molar-refractivity contribution in [1.29, 1.82) is 0 Å². The van der Waals surface area contributed by atoms with Gasteiger partial charge in [0.1, 0.15) is 10.3 Å². The molecule has 0 bridgehead atoms. The Kier molecular flexibility index (Phi) is 3.49. The van der Waals surface area contributed by atoms with Gasteiger partial charge in [0.15, 0.2) is 0 Å². The molecule has 2 rings (SSSR count). The van der Waals surface area contributed by atoms with Gasteiger partial charge in [-0.25, -0.2) is 4.98 Å². The summed E-state index contributed by atoms with van der Waals surface area (Å²) in [5, 5.41) is 0. The third-order valence-electron chi connectivity index (χ3n) is 2.82. The molecule has 1 saturated heterocycles. The highest BCUT2D eigenvalue weighted by molar-refractivity contribution is 9.10. The average molecular weight is 299 g/mol. The minimum atomic E-state index is -0.278. The fourth-order valence-corrected chi connectivity index (χ4v) is 2.24. The van der Waals surface area contributed by atoms with Crippen molar-refractivity contribution in [1.82, 2.24) is 9.88 Å².